The lowest BCUT2D eigenvalue weighted by Crippen LogP contribution is -2.39. The van der Waals surface area contributed by atoms with E-state index in [-0.39, 0.29) is 12.3 Å². The van der Waals surface area contributed by atoms with Crippen LogP contribution in [0, 0.1) is 5.82 Å². The van der Waals surface area contributed by atoms with Gasteiger partial charge in [-0.3, -0.25) is 4.79 Å². The van der Waals surface area contributed by atoms with E-state index in [1.165, 1.54) is 12.1 Å². The molecule has 2 N–H and O–H groups in total. The highest BCUT2D eigenvalue weighted by Gasteiger charge is 2.22. The highest BCUT2D eigenvalue weighted by Crippen LogP contribution is 2.19. The molecule has 92 valence electrons. The smallest absolute Gasteiger partial charge is 0.255 e. The Kier molecular flexibility index (Phi) is 3.55. The predicted molar refractivity (Wildman–Crippen MR) is 57.3 cm³/mol. The van der Waals surface area contributed by atoms with E-state index in [1.807, 2.05) is 0 Å². The summed E-state index contributed by atoms with van der Waals surface area (Å²) in [5.41, 5.74) is 0.263. The molecule has 1 aromatic carbocycles. The van der Waals surface area contributed by atoms with Crippen LogP contribution in [0.2, 0.25) is 0 Å². The van der Waals surface area contributed by atoms with E-state index in [1.54, 1.807) is 0 Å². The van der Waals surface area contributed by atoms with Gasteiger partial charge in [-0.1, -0.05) is 0 Å². The topological polar surface area (TPSA) is 67.8 Å². The summed E-state index contributed by atoms with van der Waals surface area (Å²) in [7, 11) is 0. The van der Waals surface area contributed by atoms with Gasteiger partial charge in [-0.15, -0.1) is 0 Å². The van der Waals surface area contributed by atoms with Crippen LogP contribution >= 0.6 is 0 Å². The van der Waals surface area contributed by atoms with Crippen LogP contribution < -0.4 is 5.32 Å². The van der Waals surface area contributed by atoms with Crippen LogP contribution in [0.25, 0.3) is 0 Å². The number of halogens is 1. The van der Waals surface area contributed by atoms with Crippen molar-refractivity contribution in [3.63, 3.8) is 0 Å². The highest BCUT2D eigenvalue weighted by atomic mass is 19.1. The number of aromatic hydroxyl groups is 1. The van der Waals surface area contributed by atoms with E-state index >= 15 is 0 Å². The average Bonchev–Trinajstić information content (AvgIpc) is 2.35. The Morgan fingerprint density at radius 2 is 2.29 bits per heavy atom. The van der Waals surface area contributed by atoms with Crippen molar-refractivity contribution in [3.8, 4) is 5.75 Å². The molecule has 0 radical (unpaired) electrons. The molecule has 1 aliphatic heterocycles. The van der Waals surface area contributed by atoms with Crippen LogP contribution in [0.3, 0.4) is 0 Å². The fourth-order valence-corrected chi connectivity index (χ4v) is 1.45. The van der Waals surface area contributed by atoms with E-state index in [4.69, 9.17) is 14.6 Å². The van der Waals surface area contributed by atoms with E-state index in [0.29, 0.717) is 13.2 Å². The predicted octanol–water partition coefficient (Wildman–Crippen LogP) is 0.885. The van der Waals surface area contributed by atoms with Crippen LogP contribution in [-0.2, 0) is 14.3 Å². The average molecular weight is 241 g/mol. The van der Waals surface area contributed by atoms with Crippen molar-refractivity contribution < 1.29 is 23.8 Å². The molecule has 5 nitrogen and oxygen atoms in total. The van der Waals surface area contributed by atoms with Crippen molar-refractivity contribution in [2.45, 2.75) is 6.10 Å². The van der Waals surface area contributed by atoms with Gasteiger partial charge in [0.2, 0.25) is 0 Å². The van der Waals surface area contributed by atoms with Crippen LogP contribution in [0.4, 0.5) is 10.1 Å². The van der Waals surface area contributed by atoms with Crippen molar-refractivity contribution in [1.29, 1.82) is 0 Å². The molecular formula is C11H12FNO4. The van der Waals surface area contributed by atoms with Gasteiger partial charge in [0.25, 0.3) is 5.91 Å². The molecular weight excluding hydrogens is 229 g/mol. The molecule has 17 heavy (non-hydrogen) atoms. The minimum atomic E-state index is -0.788. The maximum atomic E-state index is 13.0. The molecule has 1 aromatic rings. The van der Waals surface area contributed by atoms with Crippen LogP contribution in [0.15, 0.2) is 18.2 Å². The zero-order valence-electron chi connectivity index (χ0n) is 8.98. The standard InChI is InChI=1S/C11H12FNO4/c12-8-5-7(1-2-9(8)14)13-11(15)10-6-16-3-4-17-10/h1-2,5,10,14H,3-4,6H2,(H,13,15). The lowest BCUT2D eigenvalue weighted by Gasteiger charge is -2.22. The number of rotatable bonds is 2. The Hall–Kier alpha value is -1.66. The van der Waals surface area contributed by atoms with E-state index in [2.05, 4.69) is 5.32 Å². The van der Waals surface area contributed by atoms with Crippen LogP contribution in [0.1, 0.15) is 0 Å². The summed E-state index contributed by atoms with van der Waals surface area (Å²) in [4.78, 5) is 11.7. The van der Waals surface area contributed by atoms with Gasteiger partial charge in [-0.25, -0.2) is 4.39 Å². The fourth-order valence-electron chi connectivity index (χ4n) is 1.45. The van der Waals surface area contributed by atoms with Crippen molar-refractivity contribution in [2.75, 3.05) is 25.1 Å². The number of hydrogen-bond donors (Lipinski definition) is 2. The third-order valence-corrected chi connectivity index (χ3v) is 2.32. The first-order chi connectivity index (χ1) is 8.16. The Balaban J connectivity index is 1.99. The zero-order valence-corrected chi connectivity index (χ0v) is 8.98. The largest absolute Gasteiger partial charge is 0.505 e. The number of ether oxygens (including phenoxy) is 2. The molecule has 1 aliphatic rings. The Morgan fingerprint density at radius 1 is 1.47 bits per heavy atom. The molecule has 1 atom stereocenters. The number of benzene rings is 1. The summed E-state index contributed by atoms with van der Waals surface area (Å²) in [6.45, 7) is 1.02. The summed E-state index contributed by atoms with van der Waals surface area (Å²) in [6, 6.07) is 3.61. The third-order valence-electron chi connectivity index (χ3n) is 2.32. The maximum absolute atomic E-state index is 13.0. The van der Waals surface area contributed by atoms with Gasteiger partial charge in [0.05, 0.1) is 19.8 Å². The monoisotopic (exact) mass is 241 g/mol. The number of phenolic OH excluding ortho intramolecular Hbond substituents is 1. The molecule has 1 saturated heterocycles. The summed E-state index contributed by atoms with van der Waals surface area (Å²) in [5, 5.41) is 11.5. The molecule has 0 aromatic heterocycles. The second-order valence-corrected chi connectivity index (χ2v) is 3.59. The summed E-state index contributed by atoms with van der Waals surface area (Å²) >= 11 is 0. The quantitative estimate of drug-likeness (QED) is 0.754. The van der Waals surface area contributed by atoms with Crippen molar-refractivity contribution >= 4 is 11.6 Å². The number of hydrogen-bond acceptors (Lipinski definition) is 4. The van der Waals surface area contributed by atoms with Gasteiger partial charge >= 0.3 is 0 Å². The van der Waals surface area contributed by atoms with E-state index in [0.717, 1.165) is 6.07 Å². The van der Waals surface area contributed by atoms with Crippen molar-refractivity contribution in [3.05, 3.63) is 24.0 Å². The molecule has 2 rings (SSSR count). The SMILES string of the molecule is O=C(Nc1ccc(O)c(F)c1)C1COCCO1. The lowest BCUT2D eigenvalue weighted by molar-refractivity contribution is -0.142. The van der Waals surface area contributed by atoms with Gasteiger partial charge in [-0.05, 0) is 12.1 Å². The van der Waals surface area contributed by atoms with Gasteiger partial charge in [-0.2, -0.15) is 0 Å². The number of phenols is 1. The number of carbonyl (C=O) groups is 1. The molecule has 0 aliphatic carbocycles. The normalized spacial score (nSPS) is 19.9. The Morgan fingerprint density at radius 3 is 2.94 bits per heavy atom. The first-order valence-corrected chi connectivity index (χ1v) is 5.15. The molecule has 6 heteroatoms. The van der Waals surface area contributed by atoms with Gasteiger partial charge in [0.15, 0.2) is 17.7 Å². The summed E-state index contributed by atoms with van der Waals surface area (Å²) in [6.07, 6.45) is -0.680. The zero-order chi connectivity index (χ0) is 12.3. The van der Waals surface area contributed by atoms with Crippen molar-refractivity contribution in [1.82, 2.24) is 0 Å². The number of carbonyl (C=O) groups excluding carboxylic acids is 1. The second-order valence-electron chi connectivity index (χ2n) is 3.59. The van der Waals surface area contributed by atoms with Crippen LogP contribution in [-0.4, -0.2) is 36.9 Å². The van der Waals surface area contributed by atoms with Gasteiger partial charge in [0.1, 0.15) is 0 Å². The molecule has 1 amide bonds. The van der Waals surface area contributed by atoms with Gasteiger partial charge < -0.3 is 19.9 Å². The summed E-state index contributed by atoms with van der Waals surface area (Å²) < 4.78 is 23.3. The molecule has 1 heterocycles. The van der Waals surface area contributed by atoms with Crippen molar-refractivity contribution in [2.24, 2.45) is 0 Å². The minimum absolute atomic E-state index is 0.187. The second kappa shape index (κ2) is 5.11. The Labute approximate surface area is 97.1 Å². The third kappa shape index (κ3) is 2.92. The maximum Gasteiger partial charge on any atom is 0.255 e. The number of amides is 1. The molecule has 0 bridgehead atoms. The molecule has 1 fully saturated rings. The summed E-state index contributed by atoms with van der Waals surface area (Å²) in [5.74, 6) is -1.64. The van der Waals surface area contributed by atoms with Crippen LogP contribution in [0.5, 0.6) is 5.75 Å². The Bertz CT molecular complexity index is 418. The molecule has 0 spiro atoms. The van der Waals surface area contributed by atoms with E-state index < -0.39 is 23.6 Å². The number of nitrogens with one attached hydrogen (secondary N) is 1. The highest BCUT2D eigenvalue weighted by molar-refractivity contribution is 5.94. The number of anilines is 1. The minimum Gasteiger partial charge on any atom is -0.505 e. The molecule has 1 unspecified atom stereocenters. The first kappa shape index (κ1) is 11.8. The lowest BCUT2D eigenvalue weighted by atomic mass is 10.2. The molecule has 0 saturated carbocycles. The fraction of sp³-hybridized carbons (Fsp3) is 0.364. The first-order valence-electron chi connectivity index (χ1n) is 5.15. The van der Waals surface area contributed by atoms with Gasteiger partial charge in [0, 0.05) is 11.8 Å². The van der Waals surface area contributed by atoms with E-state index in [9.17, 15) is 9.18 Å².